The third-order valence-electron chi connectivity index (χ3n) is 24.8. The fourth-order valence-electron chi connectivity index (χ4n) is 19.0. The molecule has 0 amide bonds. The van der Waals surface area contributed by atoms with Gasteiger partial charge in [-0.1, -0.05) is 287 Å². The molecular weight excluding hydrogens is 1480 g/mol. The lowest BCUT2D eigenvalue weighted by molar-refractivity contribution is 0.661. The Morgan fingerprint density at radius 2 is 0.628 bits per heavy atom. The first-order valence-corrected chi connectivity index (χ1v) is 41.1. The molecule has 24 rings (SSSR count). The summed E-state index contributed by atoms with van der Waals surface area (Å²) in [4.78, 5) is 32.2. The van der Waals surface area contributed by atoms with Gasteiger partial charge >= 0.3 is 0 Å². The van der Waals surface area contributed by atoms with Gasteiger partial charge in [-0.05, 0) is 183 Å². The van der Waals surface area contributed by atoms with Crippen molar-refractivity contribution in [3.63, 3.8) is 0 Å². The van der Waals surface area contributed by atoms with Crippen molar-refractivity contribution in [3.05, 3.63) is 405 Å². The third kappa shape index (κ3) is 11.3. The van der Waals surface area contributed by atoms with Crippen molar-refractivity contribution < 1.29 is 4.42 Å². The molecule has 10 heteroatoms. The third-order valence-corrected chi connectivity index (χ3v) is 24.8. The van der Waals surface area contributed by atoms with Gasteiger partial charge in [0.15, 0.2) is 34.9 Å². The molecule has 0 spiro atoms. The lowest BCUT2D eigenvalue weighted by Crippen LogP contribution is -2.14. The molecule has 0 radical (unpaired) electrons. The van der Waals surface area contributed by atoms with E-state index in [9.17, 15) is 0 Å². The number of hydrogen-bond donors (Lipinski definition) is 0. The zero-order chi connectivity index (χ0) is 80.0. The predicted molar refractivity (Wildman–Crippen MR) is 495 cm³/mol. The number of para-hydroxylation sites is 4. The van der Waals surface area contributed by atoms with Gasteiger partial charge in [0.2, 0.25) is 0 Å². The molecule has 17 aromatic carbocycles. The van der Waals surface area contributed by atoms with E-state index >= 15 is 0 Å². The summed E-state index contributed by atoms with van der Waals surface area (Å²) < 4.78 is 14.3. The van der Waals surface area contributed by atoms with Crippen LogP contribution in [0.2, 0.25) is 0 Å². The minimum Gasteiger partial charge on any atom is -0.455 e. The molecule has 0 saturated heterocycles. The molecule has 1 aliphatic carbocycles. The minimum absolute atomic E-state index is 0.240. The Balaban J connectivity index is 0.647. The molecule has 566 valence electrons. The molecule has 0 unspecified atom stereocenters. The van der Waals surface area contributed by atoms with Crippen LogP contribution in [0, 0.1) is 0 Å². The van der Waals surface area contributed by atoms with Crippen molar-refractivity contribution in [2.75, 3.05) is 0 Å². The smallest absolute Gasteiger partial charge is 0.164 e. The maximum Gasteiger partial charge on any atom is 0.164 e. The van der Waals surface area contributed by atoms with Crippen molar-refractivity contribution in [2.24, 2.45) is 0 Å². The van der Waals surface area contributed by atoms with Crippen molar-refractivity contribution in [1.82, 2.24) is 43.6 Å². The summed E-state index contributed by atoms with van der Waals surface area (Å²) in [7, 11) is 0. The van der Waals surface area contributed by atoms with Gasteiger partial charge in [0, 0.05) is 105 Å². The standard InChI is InChI=1S/C111H71N9O/c1-111(2)93-43-22-18-39-83(93)88-66-91-90-63-76(82-57-58-87(103-86-42-21-25-46-101(86)121-104(82)103)109-114-105(71-29-10-4-11-30-71)112-106(115-109)72-31-12-5-13-32-72)52-60-98(90)119(99(91)67-94(88)111)80-55-49-70(50-56-80)74-35-26-36-77(61-74)108-113-107(73-33-14-6-15-34-73)116-110(117-108)92-64-78(75-51-59-97-89(62-75)84-40-19-23-44-95(84)118(97)79-37-16-7-17-38-79)65-100-102(92)85-41-20-24-45-96(85)120(100)81-53-47-69(48-54-81)68-27-8-3-9-28-68/h3-67H,1-2H3. The summed E-state index contributed by atoms with van der Waals surface area (Å²) in [6, 6.07) is 141. The zero-order valence-electron chi connectivity index (χ0n) is 66.0. The topological polar surface area (TPSA) is 105 Å². The van der Waals surface area contributed by atoms with Crippen LogP contribution in [0.3, 0.4) is 0 Å². The summed E-state index contributed by atoms with van der Waals surface area (Å²) in [5.74, 6) is 3.47. The molecule has 6 aromatic heterocycles. The van der Waals surface area contributed by atoms with Crippen LogP contribution in [0.5, 0.6) is 0 Å². The quantitative estimate of drug-likeness (QED) is 0.113. The maximum atomic E-state index is 7.07. The van der Waals surface area contributed by atoms with Crippen molar-refractivity contribution in [2.45, 2.75) is 19.3 Å². The number of aromatic nitrogens is 9. The van der Waals surface area contributed by atoms with Gasteiger partial charge in [-0.3, -0.25) is 0 Å². The number of hydrogen-bond acceptors (Lipinski definition) is 7. The molecule has 121 heavy (non-hydrogen) atoms. The Morgan fingerprint density at radius 1 is 0.207 bits per heavy atom. The molecule has 0 fully saturated rings. The second kappa shape index (κ2) is 27.6. The summed E-state index contributed by atoms with van der Waals surface area (Å²) in [6.45, 7) is 4.72. The van der Waals surface area contributed by atoms with E-state index in [1.807, 2.05) is 78.9 Å². The van der Waals surface area contributed by atoms with E-state index in [2.05, 4.69) is 343 Å². The van der Waals surface area contributed by atoms with E-state index in [4.69, 9.17) is 34.3 Å². The van der Waals surface area contributed by atoms with Gasteiger partial charge in [0.1, 0.15) is 11.2 Å². The lowest BCUT2D eigenvalue weighted by Gasteiger charge is -2.21. The Bertz CT molecular complexity index is 8070. The highest BCUT2D eigenvalue weighted by molar-refractivity contribution is 6.20. The van der Waals surface area contributed by atoms with Crippen LogP contribution in [-0.2, 0) is 5.41 Å². The van der Waals surface area contributed by atoms with E-state index in [1.54, 1.807) is 0 Å². The molecule has 0 aliphatic heterocycles. The molecule has 10 nitrogen and oxygen atoms in total. The molecular formula is C111H71N9O. The van der Waals surface area contributed by atoms with Gasteiger partial charge in [-0.15, -0.1) is 0 Å². The minimum atomic E-state index is -0.240. The van der Waals surface area contributed by atoms with Crippen LogP contribution in [0.25, 0.3) is 228 Å². The van der Waals surface area contributed by atoms with E-state index < -0.39 is 0 Å². The van der Waals surface area contributed by atoms with Crippen molar-refractivity contribution in [1.29, 1.82) is 0 Å². The van der Waals surface area contributed by atoms with Gasteiger partial charge in [0.05, 0.1) is 33.1 Å². The summed E-state index contributed by atoms with van der Waals surface area (Å²) >= 11 is 0. The molecule has 0 N–H and O–H groups in total. The number of benzene rings is 17. The Kier molecular flexibility index (Phi) is 15.8. The first kappa shape index (κ1) is 69.3. The number of furan rings is 1. The van der Waals surface area contributed by atoms with Crippen LogP contribution in [0.1, 0.15) is 25.0 Å². The van der Waals surface area contributed by atoms with Gasteiger partial charge < -0.3 is 18.1 Å². The predicted octanol–water partition coefficient (Wildman–Crippen LogP) is 28.2. The van der Waals surface area contributed by atoms with Crippen molar-refractivity contribution in [3.8, 4) is 141 Å². The Hall–Kier alpha value is -16.0. The Morgan fingerprint density at radius 3 is 1.28 bits per heavy atom. The number of nitrogens with zero attached hydrogens (tertiary/aromatic N) is 9. The molecule has 0 atom stereocenters. The SMILES string of the molecule is CC1(C)c2ccccc2-c2cc3c4cc(-c5ccc(-c6nc(-c7ccccc7)nc(-c7ccccc7)n6)c6c5oc5ccccc56)ccc4n(-c4ccc(-c5cccc(-c6nc(-c7ccccc7)nc(-c7cc(-c8ccc9c(c8)c8ccccc8n9-c8ccccc8)cc8c7c7ccccc7n8-c7ccc(-c8ccccc8)cc7)n6)c5)cc4)c3cc21. The normalized spacial score (nSPS) is 12.4. The average molecular weight is 1550 g/mol. The number of fused-ring (bicyclic) bond motifs is 15. The van der Waals surface area contributed by atoms with Gasteiger partial charge in [-0.2, -0.15) is 0 Å². The van der Waals surface area contributed by atoms with Crippen LogP contribution in [-0.4, -0.2) is 43.6 Å². The van der Waals surface area contributed by atoms with Crippen molar-refractivity contribution >= 4 is 87.4 Å². The molecule has 23 aromatic rings. The lowest BCUT2D eigenvalue weighted by atomic mass is 9.82. The summed E-state index contributed by atoms with van der Waals surface area (Å²) in [6.07, 6.45) is 0. The Labute approximate surface area is 696 Å². The van der Waals surface area contributed by atoms with E-state index in [-0.39, 0.29) is 5.41 Å². The molecule has 6 heterocycles. The highest BCUT2D eigenvalue weighted by Crippen LogP contribution is 2.53. The zero-order valence-corrected chi connectivity index (χ0v) is 66.0. The average Bonchev–Trinajstić information content (AvgIpc) is 1.55. The monoisotopic (exact) mass is 1550 g/mol. The fourth-order valence-corrected chi connectivity index (χ4v) is 19.0. The highest BCUT2D eigenvalue weighted by Gasteiger charge is 2.37. The largest absolute Gasteiger partial charge is 0.455 e. The molecule has 0 bridgehead atoms. The molecule has 1 aliphatic rings. The second-order valence-corrected chi connectivity index (χ2v) is 32.1. The first-order chi connectivity index (χ1) is 59.7. The van der Waals surface area contributed by atoms with Crippen LogP contribution < -0.4 is 0 Å². The fraction of sp³-hybridized carbons (Fsp3) is 0.0270. The van der Waals surface area contributed by atoms with Crippen LogP contribution in [0.15, 0.2) is 399 Å². The van der Waals surface area contributed by atoms with E-state index in [0.29, 0.717) is 34.9 Å². The van der Waals surface area contributed by atoms with Crippen LogP contribution in [0.4, 0.5) is 0 Å². The first-order valence-electron chi connectivity index (χ1n) is 41.1. The molecule has 0 saturated carbocycles. The van der Waals surface area contributed by atoms with Crippen LogP contribution >= 0.6 is 0 Å². The number of rotatable bonds is 13. The van der Waals surface area contributed by atoms with E-state index in [1.165, 1.54) is 38.6 Å². The van der Waals surface area contributed by atoms with Gasteiger partial charge in [0.25, 0.3) is 0 Å². The maximum absolute atomic E-state index is 7.07. The summed E-state index contributed by atoms with van der Waals surface area (Å²) in [5.41, 5.74) is 30.1. The van der Waals surface area contributed by atoms with Gasteiger partial charge in [-0.25, -0.2) is 29.9 Å². The summed E-state index contributed by atoms with van der Waals surface area (Å²) in [5, 5.41) is 8.69. The highest BCUT2D eigenvalue weighted by atomic mass is 16.3. The van der Waals surface area contributed by atoms with E-state index in [0.717, 1.165) is 166 Å². The second-order valence-electron chi connectivity index (χ2n) is 32.1.